The summed E-state index contributed by atoms with van der Waals surface area (Å²) in [6.07, 6.45) is 7.82. The molecule has 1 aromatic rings. The molecule has 0 radical (unpaired) electrons. The van der Waals surface area contributed by atoms with E-state index in [0.717, 1.165) is 15.1 Å². The van der Waals surface area contributed by atoms with Crippen LogP contribution in [0.5, 0.6) is 0 Å². The summed E-state index contributed by atoms with van der Waals surface area (Å²) >= 11 is 3.45. The van der Waals surface area contributed by atoms with Crippen LogP contribution < -0.4 is 10.6 Å². The molecule has 1 unspecified atom stereocenters. The molecule has 78 valence electrons. The molecule has 0 aromatic carbocycles. The average molecular weight is 267 g/mol. The third-order valence-electron chi connectivity index (χ3n) is 2.27. The maximum absolute atomic E-state index is 11.3. The smallest absolute Gasteiger partial charge is 0.244 e. The summed E-state index contributed by atoms with van der Waals surface area (Å²) in [5.74, 6) is 0.261. The third-order valence-corrected chi connectivity index (χ3v) is 2.77. The second-order valence-electron chi connectivity index (χ2n) is 3.64. The molecule has 1 aromatic heterocycles. The van der Waals surface area contributed by atoms with Gasteiger partial charge in [-0.25, -0.2) is 4.68 Å². The van der Waals surface area contributed by atoms with Crippen molar-refractivity contribution in [2.24, 2.45) is 5.92 Å². The van der Waals surface area contributed by atoms with Crippen LogP contribution in [0.3, 0.4) is 0 Å². The molecule has 0 spiro atoms. The van der Waals surface area contributed by atoms with Gasteiger partial charge in [0.1, 0.15) is 0 Å². The monoisotopic (exact) mass is 266 g/mol. The summed E-state index contributed by atoms with van der Waals surface area (Å²) < 4.78 is 2.40. The number of rotatable bonds is 0. The Morgan fingerprint density at radius 1 is 1.53 bits per heavy atom. The first-order valence-corrected chi connectivity index (χ1v) is 5.53. The van der Waals surface area contributed by atoms with Crippen molar-refractivity contribution in [3.8, 4) is 0 Å². The number of carbonyl (C=O) groups is 1. The normalized spacial score (nSPS) is 19.4. The van der Waals surface area contributed by atoms with Gasteiger partial charge in [-0.3, -0.25) is 4.79 Å². The van der Waals surface area contributed by atoms with Gasteiger partial charge < -0.3 is 0 Å². The average Bonchev–Trinajstić information content (AvgIpc) is 2.42. The first-order valence-electron chi connectivity index (χ1n) is 4.74. The highest BCUT2D eigenvalue weighted by Crippen LogP contribution is 2.13. The van der Waals surface area contributed by atoms with Crippen molar-refractivity contribution in [3.63, 3.8) is 0 Å². The minimum absolute atomic E-state index is 0.0734. The second kappa shape index (κ2) is 3.77. The van der Waals surface area contributed by atoms with E-state index in [4.69, 9.17) is 0 Å². The lowest BCUT2D eigenvalue weighted by atomic mass is 10.1. The Morgan fingerprint density at radius 2 is 2.27 bits per heavy atom. The summed E-state index contributed by atoms with van der Waals surface area (Å²) in [6, 6.07) is 0. The van der Waals surface area contributed by atoms with E-state index >= 15 is 0 Å². The molecule has 1 atom stereocenters. The van der Waals surface area contributed by atoms with E-state index in [2.05, 4.69) is 40.1 Å². The van der Waals surface area contributed by atoms with Crippen LogP contribution in [0.15, 0.2) is 16.8 Å². The van der Waals surface area contributed by atoms with E-state index in [1.165, 1.54) is 11.6 Å². The number of allylic oxidation sites excluding steroid dienone is 2. The summed E-state index contributed by atoms with van der Waals surface area (Å²) in [5, 5.41) is 5.91. The highest BCUT2D eigenvalue weighted by atomic mass is 79.9. The number of carbonyl (C=O) groups excluding carboxylic acids is 1. The first-order chi connectivity index (χ1) is 7.08. The second-order valence-corrected chi connectivity index (χ2v) is 4.55. The van der Waals surface area contributed by atoms with Gasteiger partial charge in [-0.1, -0.05) is 35.0 Å². The molecule has 1 aliphatic rings. The van der Waals surface area contributed by atoms with Gasteiger partial charge >= 0.3 is 0 Å². The lowest BCUT2D eigenvalue weighted by molar-refractivity contribution is 0.0917. The standard InChI is InChI=1S/C11H11BrN2O/c1-7-3-9-6-13-14(8(2)15)11(9)5-10(12)4-7/h3-7H,1-2H3. The van der Waals surface area contributed by atoms with Gasteiger partial charge in [-0.2, -0.15) is 5.10 Å². The van der Waals surface area contributed by atoms with Crippen molar-refractivity contribution < 1.29 is 4.79 Å². The van der Waals surface area contributed by atoms with Gasteiger partial charge in [0.25, 0.3) is 0 Å². The van der Waals surface area contributed by atoms with Crippen LogP contribution in [0.25, 0.3) is 12.2 Å². The maximum atomic E-state index is 11.3. The van der Waals surface area contributed by atoms with E-state index in [1.807, 2.05) is 6.08 Å². The van der Waals surface area contributed by atoms with Gasteiger partial charge in [-0.05, 0) is 12.0 Å². The third kappa shape index (κ3) is 1.95. The zero-order chi connectivity index (χ0) is 11.0. The summed E-state index contributed by atoms with van der Waals surface area (Å²) in [4.78, 5) is 11.3. The number of halogens is 1. The Balaban J connectivity index is 2.78. The van der Waals surface area contributed by atoms with Crippen LogP contribution >= 0.6 is 15.9 Å². The SMILES string of the molecule is CC(=O)n1ncc2c1=CC(Br)=CC(C)C=2. The molecule has 4 heteroatoms. The Bertz CT molecular complexity index is 554. The highest BCUT2D eigenvalue weighted by molar-refractivity contribution is 9.12. The zero-order valence-electron chi connectivity index (χ0n) is 8.57. The van der Waals surface area contributed by atoms with Gasteiger partial charge in [0, 0.05) is 16.6 Å². The lowest BCUT2D eigenvalue weighted by Gasteiger charge is -1.95. The largest absolute Gasteiger partial charge is 0.273 e. The van der Waals surface area contributed by atoms with Crippen molar-refractivity contribution in [3.05, 3.63) is 27.3 Å². The van der Waals surface area contributed by atoms with E-state index in [9.17, 15) is 4.79 Å². The maximum Gasteiger partial charge on any atom is 0.244 e. The molecule has 15 heavy (non-hydrogen) atoms. The molecule has 0 aliphatic heterocycles. The molecule has 2 rings (SSSR count). The molecule has 1 aliphatic carbocycles. The van der Waals surface area contributed by atoms with Crippen molar-refractivity contribution in [2.75, 3.05) is 0 Å². The van der Waals surface area contributed by atoms with Gasteiger partial charge in [0.05, 0.1) is 11.5 Å². The summed E-state index contributed by atoms with van der Waals surface area (Å²) in [6.45, 7) is 3.60. The predicted octanol–water partition coefficient (Wildman–Crippen LogP) is 1.03. The van der Waals surface area contributed by atoms with Crippen LogP contribution in [0.2, 0.25) is 0 Å². The molecule has 0 saturated carbocycles. The van der Waals surface area contributed by atoms with E-state index in [1.54, 1.807) is 6.20 Å². The fourth-order valence-electron chi connectivity index (χ4n) is 1.66. The molecule has 0 N–H and O–H groups in total. The van der Waals surface area contributed by atoms with Crippen LogP contribution in [-0.4, -0.2) is 15.7 Å². The van der Waals surface area contributed by atoms with Gasteiger partial charge in [0.15, 0.2) is 0 Å². The van der Waals surface area contributed by atoms with Crippen molar-refractivity contribution in [1.29, 1.82) is 0 Å². The fraction of sp³-hybridized carbons (Fsp3) is 0.273. The quantitative estimate of drug-likeness (QED) is 0.703. The number of fused-ring (bicyclic) bond motifs is 1. The Hall–Kier alpha value is -1.16. The Kier molecular flexibility index (Phi) is 2.61. The summed E-state index contributed by atoms with van der Waals surface area (Å²) in [7, 11) is 0. The predicted molar refractivity (Wildman–Crippen MR) is 62.9 cm³/mol. The minimum Gasteiger partial charge on any atom is -0.273 e. The van der Waals surface area contributed by atoms with Crippen LogP contribution in [0.1, 0.15) is 18.6 Å². The number of nitrogens with zero attached hydrogens (tertiary/aromatic N) is 2. The van der Waals surface area contributed by atoms with Gasteiger partial charge in [0.2, 0.25) is 5.91 Å². The minimum atomic E-state index is -0.0734. The van der Waals surface area contributed by atoms with Crippen LogP contribution in [-0.2, 0) is 0 Å². The van der Waals surface area contributed by atoms with E-state index < -0.39 is 0 Å². The van der Waals surface area contributed by atoms with Crippen molar-refractivity contribution in [1.82, 2.24) is 9.78 Å². The molecule has 0 bridgehead atoms. The van der Waals surface area contributed by atoms with E-state index in [-0.39, 0.29) is 5.91 Å². The molecule has 3 nitrogen and oxygen atoms in total. The Morgan fingerprint density at radius 3 is 2.93 bits per heavy atom. The lowest BCUT2D eigenvalue weighted by Crippen LogP contribution is -2.32. The molecule has 1 heterocycles. The molecular weight excluding hydrogens is 256 g/mol. The number of aromatic nitrogens is 2. The topological polar surface area (TPSA) is 34.9 Å². The molecular formula is C11H11BrN2O. The van der Waals surface area contributed by atoms with Crippen LogP contribution in [0.4, 0.5) is 0 Å². The van der Waals surface area contributed by atoms with Crippen molar-refractivity contribution in [2.45, 2.75) is 13.8 Å². The van der Waals surface area contributed by atoms with E-state index in [0.29, 0.717) is 5.92 Å². The molecule has 0 fully saturated rings. The zero-order valence-corrected chi connectivity index (χ0v) is 10.2. The molecule has 0 amide bonds. The number of hydrogen-bond acceptors (Lipinski definition) is 2. The van der Waals surface area contributed by atoms with Gasteiger partial charge in [-0.15, -0.1) is 0 Å². The van der Waals surface area contributed by atoms with Crippen molar-refractivity contribution >= 4 is 34.0 Å². The van der Waals surface area contributed by atoms with Crippen LogP contribution in [0, 0.1) is 5.92 Å². The molecule has 0 saturated heterocycles. The highest BCUT2D eigenvalue weighted by Gasteiger charge is 2.06. The first kappa shape index (κ1) is 10.4. The summed E-state index contributed by atoms with van der Waals surface area (Å²) in [5.41, 5.74) is 0. The number of hydrogen-bond donors (Lipinski definition) is 0. The Labute approximate surface area is 95.9 Å². The fourth-order valence-corrected chi connectivity index (χ4v) is 2.29.